The van der Waals surface area contributed by atoms with Gasteiger partial charge in [0.15, 0.2) is 5.13 Å². The van der Waals surface area contributed by atoms with Gasteiger partial charge in [-0.15, -0.1) is 11.3 Å². The fraction of sp³-hybridized carbons (Fsp3) is 0.400. The van der Waals surface area contributed by atoms with E-state index in [1.54, 1.807) is 33.7 Å². The number of rotatable bonds is 4. The molecule has 4 heterocycles. The number of para-hydroxylation sites is 1. The second kappa shape index (κ2) is 8.32. The van der Waals surface area contributed by atoms with E-state index in [0.717, 1.165) is 15.3 Å². The van der Waals surface area contributed by atoms with Gasteiger partial charge in [0.25, 0.3) is 10.0 Å². The molecule has 0 bridgehead atoms. The third kappa shape index (κ3) is 3.84. The first-order valence-corrected chi connectivity index (χ1v) is 13.6. The van der Waals surface area contributed by atoms with Crippen molar-refractivity contribution in [2.24, 2.45) is 0 Å². The lowest BCUT2D eigenvalue weighted by atomic mass is 10.2. The average molecular weight is 497 g/mol. The molecule has 2 aliphatic heterocycles. The molecular weight excluding hydrogens is 476 g/mol. The van der Waals surface area contributed by atoms with E-state index in [4.69, 9.17) is 11.6 Å². The van der Waals surface area contributed by atoms with E-state index in [9.17, 15) is 13.2 Å². The number of hydrogen-bond donors (Lipinski definition) is 0. The number of halogens is 1. The van der Waals surface area contributed by atoms with Gasteiger partial charge in [0.1, 0.15) is 15.8 Å². The Labute approximate surface area is 193 Å². The van der Waals surface area contributed by atoms with Gasteiger partial charge < -0.3 is 9.80 Å². The number of amides is 1. The van der Waals surface area contributed by atoms with Gasteiger partial charge in [-0.25, -0.2) is 13.4 Å². The lowest BCUT2D eigenvalue weighted by molar-refractivity contribution is -0.134. The highest BCUT2D eigenvalue weighted by Crippen LogP contribution is 2.34. The zero-order valence-electron chi connectivity index (χ0n) is 16.6. The number of hydrogen-bond acceptors (Lipinski definition) is 7. The summed E-state index contributed by atoms with van der Waals surface area (Å²) in [5.41, 5.74) is 0.808. The summed E-state index contributed by atoms with van der Waals surface area (Å²) in [6, 6.07) is 8.47. The van der Waals surface area contributed by atoms with Crippen LogP contribution in [0.5, 0.6) is 0 Å². The SMILES string of the molecule is O=C(C1CCCN1S(=O)(=O)c1cccs1)N1CCN(c2nc3c(Cl)cccc3s2)CC1. The summed E-state index contributed by atoms with van der Waals surface area (Å²) < 4.78 is 28.7. The molecule has 0 N–H and O–H groups in total. The molecule has 31 heavy (non-hydrogen) atoms. The van der Waals surface area contributed by atoms with Crippen LogP contribution in [0.1, 0.15) is 12.8 Å². The highest BCUT2D eigenvalue weighted by Gasteiger charge is 2.42. The molecular formula is C20H21ClN4O3S3. The fourth-order valence-electron chi connectivity index (χ4n) is 4.17. The van der Waals surface area contributed by atoms with E-state index in [1.807, 2.05) is 18.2 Å². The number of sulfonamides is 1. The minimum Gasteiger partial charge on any atom is -0.345 e. The van der Waals surface area contributed by atoms with Gasteiger partial charge in [0, 0.05) is 32.7 Å². The van der Waals surface area contributed by atoms with Gasteiger partial charge in [0.2, 0.25) is 5.91 Å². The van der Waals surface area contributed by atoms with Crippen LogP contribution in [0, 0.1) is 0 Å². The molecule has 0 radical (unpaired) electrons. The number of carbonyl (C=O) groups excluding carboxylic acids is 1. The van der Waals surface area contributed by atoms with Crippen molar-refractivity contribution in [2.75, 3.05) is 37.6 Å². The highest BCUT2D eigenvalue weighted by atomic mass is 35.5. The van der Waals surface area contributed by atoms with E-state index in [1.165, 1.54) is 15.6 Å². The van der Waals surface area contributed by atoms with E-state index in [0.29, 0.717) is 54.8 Å². The van der Waals surface area contributed by atoms with E-state index >= 15 is 0 Å². The smallest absolute Gasteiger partial charge is 0.253 e. The summed E-state index contributed by atoms with van der Waals surface area (Å²) >= 11 is 9.04. The molecule has 164 valence electrons. The minimum absolute atomic E-state index is 0.0929. The topological polar surface area (TPSA) is 73.8 Å². The van der Waals surface area contributed by atoms with Crippen LogP contribution >= 0.6 is 34.3 Å². The Hall–Kier alpha value is -1.72. The summed E-state index contributed by atoms with van der Waals surface area (Å²) in [6.07, 6.45) is 1.27. The lowest BCUT2D eigenvalue weighted by Gasteiger charge is -2.37. The third-order valence-corrected chi connectivity index (χ3v) is 10.4. The Kier molecular flexibility index (Phi) is 5.68. The highest BCUT2D eigenvalue weighted by molar-refractivity contribution is 7.91. The maximum absolute atomic E-state index is 13.2. The molecule has 2 fully saturated rings. The second-order valence-electron chi connectivity index (χ2n) is 7.60. The van der Waals surface area contributed by atoms with Crippen LogP contribution in [0.3, 0.4) is 0 Å². The number of anilines is 1. The summed E-state index contributed by atoms with van der Waals surface area (Å²) in [4.78, 5) is 21.9. The predicted molar refractivity (Wildman–Crippen MR) is 125 cm³/mol. The first kappa shape index (κ1) is 21.1. The molecule has 1 unspecified atom stereocenters. The van der Waals surface area contributed by atoms with Gasteiger partial charge >= 0.3 is 0 Å². The molecule has 2 aromatic heterocycles. The molecule has 2 aliphatic rings. The molecule has 1 aromatic carbocycles. The van der Waals surface area contributed by atoms with Crippen molar-refractivity contribution < 1.29 is 13.2 Å². The number of aromatic nitrogens is 1. The van der Waals surface area contributed by atoms with E-state index < -0.39 is 16.1 Å². The molecule has 1 atom stereocenters. The fourth-order valence-corrected chi connectivity index (χ4v) is 8.26. The third-order valence-electron chi connectivity index (χ3n) is 5.77. The molecule has 0 aliphatic carbocycles. The largest absolute Gasteiger partial charge is 0.345 e. The number of thiophene rings is 1. The molecule has 3 aromatic rings. The summed E-state index contributed by atoms with van der Waals surface area (Å²) in [5.74, 6) is -0.0929. The van der Waals surface area contributed by atoms with Crippen LogP contribution in [0.2, 0.25) is 5.02 Å². The van der Waals surface area contributed by atoms with Crippen LogP contribution in [0.4, 0.5) is 5.13 Å². The number of carbonyl (C=O) groups is 1. The first-order valence-electron chi connectivity index (χ1n) is 10.1. The van der Waals surface area contributed by atoms with Gasteiger partial charge in [0.05, 0.1) is 9.72 Å². The zero-order valence-corrected chi connectivity index (χ0v) is 19.8. The Morgan fingerprint density at radius 3 is 2.61 bits per heavy atom. The average Bonchev–Trinajstić information content (AvgIpc) is 3.54. The number of nitrogens with zero attached hydrogens (tertiary/aromatic N) is 4. The number of benzene rings is 1. The molecule has 2 saturated heterocycles. The Morgan fingerprint density at radius 2 is 1.90 bits per heavy atom. The predicted octanol–water partition coefficient (Wildman–Crippen LogP) is 3.51. The minimum atomic E-state index is -3.63. The monoisotopic (exact) mass is 496 g/mol. The van der Waals surface area contributed by atoms with Gasteiger partial charge in [-0.3, -0.25) is 4.79 Å². The van der Waals surface area contributed by atoms with Crippen molar-refractivity contribution in [3.63, 3.8) is 0 Å². The van der Waals surface area contributed by atoms with Crippen molar-refractivity contribution in [1.82, 2.24) is 14.2 Å². The van der Waals surface area contributed by atoms with Crippen molar-refractivity contribution >= 4 is 65.6 Å². The van der Waals surface area contributed by atoms with Crippen LogP contribution in [0.25, 0.3) is 10.2 Å². The second-order valence-corrected chi connectivity index (χ2v) is 12.1. The van der Waals surface area contributed by atoms with Gasteiger partial charge in [-0.05, 0) is 36.4 Å². The van der Waals surface area contributed by atoms with E-state index in [-0.39, 0.29) is 5.91 Å². The Morgan fingerprint density at radius 1 is 1.10 bits per heavy atom. The number of thiazole rings is 1. The lowest BCUT2D eigenvalue weighted by Crippen LogP contribution is -2.54. The van der Waals surface area contributed by atoms with Gasteiger partial charge in [-0.2, -0.15) is 4.31 Å². The quantitative estimate of drug-likeness (QED) is 0.552. The normalized spacial score (nSPS) is 20.6. The zero-order chi connectivity index (χ0) is 21.6. The van der Waals surface area contributed by atoms with Crippen molar-refractivity contribution in [3.05, 3.63) is 40.7 Å². The van der Waals surface area contributed by atoms with Crippen LogP contribution < -0.4 is 4.90 Å². The molecule has 0 saturated carbocycles. The van der Waals surface area contributed by atoms with Crippen LogP contribution in [0.15, 0.2) is 39.9 Å². The molecule has 1 amide bonds. The Balaban J connectivity index is 1.28. The van der Waals surface area contributed by atoms with Crippen molar-refractivity contribution in [3.8, 4) is 0 Å². The van der Waals surface area contributed by atoms with Gasteiger partial charge in [-0.1, -0.05) is 35.1 Å². The first-order chi connectivity index (χ1) is 14.9. The maximum atomic E-state index is 13.2. The molecule has 7 nitrogen and oxygen atoms in total. The van der Waals surface area contributed by atoms with Crippen molar-refractivity contribution in [2.45, 2.75) is 23.1 Å². The summed E-state index contributed by atoms with van der Waals surface area (Å²) in [7, 11) is -3.63. The standard InChI is InChI=1S/C20H21ClN4O3S3/c21-14-4-1-6-16-18(14)22-20(30-16)24-11-9-23(10-12-24)19(26)15-5-2-8-25(15)31(27,28)17-7-3-13-29-17/h1,3-4,6-7,13,15H,2,5,8-12H2. The van der Waals surface area contributed by atoms with E-state index in [2.05, 4.69) is 9.88 Å². The van der Waals surface area contributed by atoms with Crippen LogP contribution in [-0.2, 0) is 14.8 Å². The number of piperazine rings is 1. The van der Waals surface area contributed by atoms with Crippen LogP contribution in [-0.4, -0.2) is 67.3 Å². The molecule has 5 rings (SSSR count). The maximum Gasteiger partial charge on any atom is 0.253 e. The Bertz CT molecular complexity index is 1200. The number of fused-ring (bicyclic) bond motifs is 1. The molecule has 0 spiro atoms. The summed E-state index contributed by atoms with van der Waals surface area (Å²) in [5, 5.41) is 3.29. The van der Waals surface area contributed by atoms with Crippen molar-refractivity contribution in [1.29, 1.82) is 0 Å². The summed E-state index contributed by atoms with van der Waals surface area (Å²) in [6.45, 7) is 2.81. The molecule has 11 heteroatoms.